The van der Waals surface area contributed by atoms with Gasteiger partial charge >= 0.3 is 12.1 Å². The van der Waals surface area contributed by atoms with E-state index in [1.54, 1.807) is 0 Å². The van der Waals surface area contributed by atoms with Gasteiger partial charge in [-0.2, -0.15) is 18.3 Å². The SMILES string of the molecule is O=C(C1CC1)N1CCC2(CC1)Oc1ccccc1-c1c2cnn1CCN1CCCC1.O=C(O)C(F)(F)F. The lowest BCUT2D eigenvalue weighted by atomic mass is 9.81. The third-order valence-electron chi connectivity index (χ3n) is 7.66. The lowest BCUT2D eigenvalue weighted by molar-refractivity contribution is -0.192. The quantitative estimate of drug-likeness (QED) is 0.658. The number of piperidine rings is 1. The number of para-hydroxylation sites is 1. The number of halogens is 3. The van der Waals surface area contributed by atoms with Crippen molar-refractivity contribution in [3.05, 3.63) is 36.0 Å². The van der Waals surface area contributed by atoms with E-state index in [0.717, 1.165) is 63.2 Å². The van der Waals surface area contributed by atoms with Gasteiger partial charge in [-0.25, -0.2) is 4.79 Å². The number of benzene rings is 1. The Hall–Kier alpha value is -3.08. The molecule has 4 aliphatic rings. The lowest BCUT2D eigenvalue weighted by Gasteiger charge is -2.44. The fourth-order valence-electron chi connectivity index (χ4n) is 5.48. The van der Waals surface area contributed by atoms with Gasteiger partial charge < -0.3 is 19.6 Å². The van der Waals surface area contributed by atoms with Gasteiger partial charge in [-0.1, -0.05) is 12.1 Å². The Kier molecular flexibility index (Phi) is 6.91. The number of carbonyl (C=O) groups excluding carboxylic acids is 1. The Bertz CT molecular complexity index is 1150. The van der Waals surface area contributed by atoms with Crippen molar-refractivity contribution in [2.75, 3.05) is 32.7 Å². The van der Waals surface area contributed by atoms with E-state index in [-0.39, 0.29) is 11.5 Å². The van der Waals surface area contributed by atoms with E-state index in [1.807, 2.05) is 12.3 Å². The molecular weight excluding hydrogens is 489 g/mol. The van der Waals surface area contributed by atoms with Crippen molar-refractivity contribution < 1.29 is 32.6 Å². The molecule has 0 bridgehead atoms. The van der Waals surface area contributed by atoms with Gasteiger partial charge in [0.1, 0.15) is 11.4 Å². The van der Waals surface area contributed by atoms with Crippen LogP contribution in [-0.4, -0.2) is 75.5 Å². The largest absolute Gasteiger partial charge is 0.490 e. The zero-order valence-corrected chi connectivity index (χ0v) is 20.5. The second-order valence-corrected chi connectivity index (χ2v) is 10.2. The third-order valence-corrected chi connectivity index (χ3v) is 7.66. The molecule has 2 aromatic rings. The number of ether oxygens (including phenoxy) is 1. The maximum absolute atomic E-state index is 12.6. The maximum atomic E-state index is 12.6. The number of rotatable bonds is 4. The molecule has 1 aromatic heterocycles. The molecule has 3 fully saturated rings. The molecule has 1 saturated carbocycles. The van der Waals surface area contributed by atoms with Crippen LogP contribution in [0.2, 0.25) is 0 Å². The summed E-state index contributed by atoms with van der Waals surface area (Å²) in [5, 5.41) is 12.0. The number of carboxylic acid groups (broad SMARTS) is 1. The number of alkyl halides is 3. The summed E-state index contributed by atoms with van der Waals surface area (Å²) < 4.78 is 40.6. The minimum absolute atomic E-state index is 0.288. The summed E-state index contributed by atoms with van der Waals surface area (Å²) in [5.74, 6) is -1.17. The van der Waals surface area contributed by atoms with Crippen LogP contribution >= 0.6 is 0 Å². The van der Waals surface area contributed by atoms with Crippen LogP contribution in [0.3, 0.4) is 0 Å². The number of fused-ring (bicyclic) bond motifs is 4. The summed E-state index contributed by atoms with van der Waals surface area (Å²) in [7, 11) is 0. The molecule has 3 aliphatic heterocycles. The van der Waals surface area contributed by atoms with Gasteiger partial charge in [-0.05, 0) is 50.9 Å². The number of nitrogens with zero attached hydrogens (tertiary/aromatic N) is 4. The molecule has 37 heavy (non-hydrogen) atoms. The van der Waals surface area contributed by atoms with E-state index in [9.17, 15) is 18.0 Å². The number of hydrogen-bond acceptors (Lipinski definition) is 5. The number of carboxylic acids is 1. The number of carbonyl (C=O) groups is 2. The smallest absolute Gasteiger partial charge is 0.482 e. The third kappa shape index (κ3) is 5.32. The fraction of sp³-hybridized carbons (Fsp3) is 0.577. The highest BCUT2D eigenvalue weighted by atomic mass is 19.4. The number of amides is 1. The molecule has 200 valence electrons. The average Bonchev–Trinajstić information content (AvgIpc) is 3.41. The Balaban J connectivity index is 0.000000355. The van der Waals surface area contributed by atoms with Crippen LogP contribution in [0.1, 0.15) is 44.1 Å². The van der Waals surface area contributed by atoms with Crippen molar-refractivity contribution in [3.63, 3.8) is 0 Å². The predicted octanol–water partition coefficient (Wildman–Crippen LogP) is 3.90. The number of aromatic nitrogens is 2. The zero-order chi connectivity index (χ0) is 26.2. The Morgan fingerprint density at radius 1 is 1.05 bits per heavy atom. The van der Waals surface area contributed by atoms with Gasteiger partial charge in [0, 0.05) is 49.5 Å². The number of likely N-dealkylation sites (tertiary alicyclic amines) is 2. The van der Waals surface area contributed by atoms with Gasteiger partial charge in [0.2, 0.25) is 5.91 Å². The second-order valence-electron chi connectivity index (χ2n) is 10.2. The maximum Gasteiger partial charge on any atom is 0.490 e. The summed E-state index contributed by atoms with van der Waals surface area (Å²) >= 11 is 0. The molecule has 11 heteroatoms. The topological polar surface area (TPSA) is 87.9 Å². The molecule has 1 amide bonds. The molecular formula is C26H31F3N4O4. The molecule has 8 nitrogen and oxygen atoms in total. The van der Waals surface area contributed by atoms with E-state index >= 15 is 0 Å². The van der Waals surface area contributed by atoms with Gasteiger partial charge in [-0.15, -0.1) is 0 Å². The van der Waals surface area contributed by atoms with Crippen LogP contribution in [0, 0.1) is 5.92 Å². The van der Waals surface area contributed by atoms with E-state index < -0.39 is 12.1 Å². The minimum atomic E-state index is -5.08. The first kappa shape index (κ1) is 25.6. The molecule has 1 spiro atoms. The van der Waals surface area contributed by atoms with Gasteiger partial charge in [0.15, 0.2) is 0 Å². The molecule has 2 saturated heterocycles. The van der Waals surface area contributed by atoms with Crippen molar-refractivity contribution in [3.8, 4) is 17.0 Å². The van der Waals surface area contributed by atoms with Crippen molar-refractivity contribution in [2.45, 2.75) is 56.8 Å². The van der Waals surface area contributed by atoms with Crippen molar-refractivity contribution in [1.82, 2.24) is 19.6 Å². The summed E-state index contributed by atoms with van der Waals surface area (Å²) in [6.07, 6.45) is 3.39. The normalized spacial score (nSPS) is 20.5. The van der Waals surface area contributed by atoms with Crippen molar-refractivity contribution in [2.24, 2.45) is 5.92 Å². The van der Waals surface area contributed by atoms with Crippen LogP contribution < -0.4 is 4.74 Å². The molecule has 0 atom stereocenters. The first-order valence-corrected chi connectivity index (χ1v) is 12.8. The Morgan fingerprint density at radius 2 is 1.70 bits per heavy atom. The highest BCUT2D eigenvalue weighted by Crippen LogP contribution is 2.49. The van der Waals surface area contributed by atoms with Gasteiger partial charge in [0.05, 0.1) is 18.4 Å². The molecule has 1 N–H and O–H groups in total. The first-order valence-electron chi connectivity index (χ1n) is 12.8. The number of hydrogen-bond donors (Lipinski definition) is 1. The molecule has 0 radical (unpaired) electrons. The summed E-state index contributed by atoms with van der Waals surface area (Å²) in [5.41, 5.74) is 3.21. The highest BCUT2D eigenvalue weighted by molar-refractivity contribution is 5.81. The highest BCUT2D eigenvalue weighted by Gasteiger charge is 2.47. The monoisotopic (exact) mass is 520 g/mol. The predicted molar refractivity (Wildman–Crippen MR) is 128 cm³/mol. The molecule has 4 heterocycles. The van der Waals surface area contributed by atoms with E-state index in [4.69, 9.17) is 19.7 Å². The zero-order valence-electron chi connectivity index (χ0n) is 20.5. The van der Waals surface area contributed by atoms with Crippen LogP contribution in [-0.2, 0) is 21.7 Å². The molecule has 6 rings (SSSR count). The Labute approximate surface area is 213 Å². The van der Waals surface area contributed by atoms with Crippen molar-refractivity contribution in [1.29, 1.82) is 0 Å². The number of aliphatic carboxylic acids is 1. The van der Waals surface area contributed by atoms with Crippen LogP contribution in [0.4, 0.5) is 13.2 Å². The first-order chi connectivity index (χ1) is 17.7. The average molecular weight is 521 g/mol. The molecule has 0 unspecified atom stereocenters. The summed E-state index contributed by atoms with van der Waals surface area (Å²) in [6, 6.07) is 8.37. The Morgan fingerprint density at radius 3 is 2.32 bits per heavy atom. The van der Waals surface area contributed by atoms with E-state index in [0.29, 0.717) is 5.91 Å². The molecule has 1 aliphatic carbocycles. The molecule has 1 aromatic carbocycles. The lowest BCUT2D eigenvalue weighted by Crippen LogP contribution is -2.49. The van der Waals surface area contributed by atoms with Gasteiger partial charge in [-0.3, -0.25) is 9.48 Å². The van der Waals surface area contributed by atoms with Crippen molar-refractivity contribution >= 4 is 11.9 Å². The standard InChI is InChI=1S/C24H30N4O2.C2HF3O2/c29-23(18-7-8-18)27-13-9-24(10-14-27)20-17-25-28(16-15-26-11-3-4-12-26)22(20)19-5-1-2-6-21(19)30-24;3-2(4,5)1(6)7/h1-2,5-6,17-18H,3-4,7-16H2;(H,6,7). The van der Waals surface area contributed by atoms with Crippen LogP contribution in [0.25, 0.3) is 11.3 Å². The summed E-state index contributed by atoms with van der Waals surface area (Å²) in [6.45, 7) is 5.92. The fourth-order valence-corrected chi connectivity index (χ4v) is 5.48. The van der Waals surface area contributed by atoms with E-state index in [2.05, 4.69) is 32.7 Å². The van der Waals surface area contributed by atoms with Crippen LogP contribution in [0.15, 0.2) is 30.5 Å². The summed E-state index contributed by atoms with van der Waals surface area (Å²) in [4.78, 5) is 26.0. The second kappa shape index (κ2) is 10.00. The van der Waals surface area contributed by atoms with Crippen LogP contribution in [0.5, 0.6) is 5.75 Å². The van der Waals surface area contributed by atoms with Gasteiger partial charge in [0.25, 0.3) is 0 Å². The minimum Gasteiger partial charge on any atom is -0.482 e. The van der Waals surface area contributed by atoms with E-state index in [1.165, 1.54) is 37.2 Å².